The lowest BCUT2D eigenvalue weighted by Gasteiger charge is -2.03. The van der Waals surface area contributed by atoms with E-state index in [0.29, 0.717) is 22.9 Å². The summed E-state index contributed by atoms with van der Waals surface area (Å²) in [5.41, 5.74) is 7.65. The van der Waals surface area contributed by atoms with Crippen molar-refractivity contribution in [1.82, 2.24) is 19.5 Å². The Morgan fingerprint density at radius 3 is 2.78 bits per heavy atom. The maximum atomic E-state index is 13.2. The number of benzene rings is 1. The van der Waals surface area contributed by atoms with Gasteiger partial charge < -0.3 is 10.3 Å². The zero-order chi connectivity index (χ0) is 12.7. The first kappa shape index (κ1) is 10.6. The summed E-state index contributed by atoms with van der Waals surface area (Å²) in [6, 6.07) is 4.45. The van der Waals surface area contributed by atoms with E-state index in [1.165, 1.54) is 18.3 Å². The minimum atomic E-state index is -0.320. The third kappa shape index (κ3) is 1.50. The van der Waals surface area contributed by atoms with Crippen molar-refractivity contribution in [3.8, 4) is 11.5 Å². The van der Waals surface area contributed by atoms with Gasteiger partial charge in [-0.15, -0.1) is 0 Å². The molecule has 0 aliphatic rings. The van der Waals surface area contributed by atoms with E-state index in [0.717, 1.165) is 5.52 Å². The van der Waals surface area contributed by atoms with Gasteiger partial charge in [-0.25, -0.2) is 19.3 Å². The molecule has 0 amide bonds. The minimum absolute atomic E-state index is 0.302. The molecule has 0 radical (unpaired) electrons. The molecule has 2 aromatic heterocycles. The number of rotatable bonds is 1. The van der Waals surface area contributed by atoms with Gasteiger partial charge in [-0.05, 0) is 12.1 Å². The number of fused-ring (bicyclic) bond motifs is 1. The van der Waals surface area contributed by atoms with Gasteiger partial charge in [-0.2, -0.15) is 0 Å². The van der Waals surface area contributed by atoms with Crippen LogP contribution in [0.4, 0.5) is 10.2 Å². The van der Waals surface area contributed by atoms with Gasteiger partial charge in [0.05, 0.1) is 11.0 Å². The number of nitrogens with two attached hydrogens (primary N) is 1. The molecule has 2 heterocycles. The molecule has 0 spiro atoms. The topological polar surface area (TPSA) is 69.6 Å². The van der Waals surface area contributed by atoms with Crippen LogP contribution in [0, 0.1) is 5.82 Å². The Morgan fingerprint density at radius 1 is 1.22 bits per heavy atom. The average molecular weight is 243 g/mol. The summed E-state index contributed by atoms with van der Waals surface area (Å²) in [6.45, 7) is 0. The Kier molecular flexibility index (Phi) is 2.22. The lowest BCUT2D eigenvalue weighted by atomic mass is 10.3. The molecule has 18 heavy (non-hydrogen) atoms. The molecule has 3 aromatic rings. The van der Waals surface area contributed by atoms with E-state index in [-0.39, 0.29) is 5.82 Å². The summed E-state index contributed by atoms with van der Waals surface area (Å²) >= 11 is 0. The number of halogens is 1. The second-order valence-corrected chi connectivity index (χ2v) is 3.92. The summed E-state index contributed by atoms with van der Waals surface area (Å²) < 4.78 is 15.0. The van der Waals surface area contributed by atoms with Crippen LogP contribution in [-0.2, 0) is 7.05 Å². The zero-order valence-electron chi connectivity index (χ0n) is 9.63. The monoisotopic (exact) mass is 243 g/mol. The maximum Gasteiger partial charge on any atom is 0.163 e. The third-order valence-corrected chi connectivity index (χ3v) is 2.78. The van der Waals surface area contributed by atoms with Crippen molar-refractivity contribution in [1.29, 1.82) is 0 Å². The largest absolute Gasteiger partial charge is 0.382 e. The highest BCUT2D eigenvalue weighted by Gasteiger charge is 2.14. The van der Waals surface area contributed by atoms with E-state index in [4.69, 9.17) is 5.73 Å². The van der Waals surface area contributed by atoms with Crippen LogP contribution >= 0.6 is 0 Å². The van der Waals surface area contributed by atoms with E-state index in [1.807, 2.05) is 11.6 Å². The highest BCUT2D eigenvalue weighted by Crippen LogP contribution is 2.25. The lowest BCUT2D eigenvalue weighted by molar-refractivity contribution is 0.629. The molecule has 0 saturated carbocycles. The number of hydrogen-bond donors (Lipinski definition) is 1. The number of nitrogens with zero attached hydrogens (tertiary/aromatic N) is 4. The number of nitrogen functional groups attached to an aromatic ring is 1. The number of hydrogen-bond acceptors (Lipinski definition) is 4. The number of anilines is 1. The molecule has 0 bridgehead atoms. The van der Waals surface area contributed by atoms with Gasteiger partial charge >= 0.3 is 0 Å². The summed E-state index contributed by atoms with van der Waals surface area (Å²) in [7, 11) is 1.83. The lowest BCUT2D eigenvalue weighted by Crippen LogP contribution is -2.00. The van der Waals surface area contributed by atoms with Crippen LogP contribution in [0.2, 0.25) is 0 Å². The summed E-state index contributed by atoms with van der Waals surface area (Å²) in [5, 5.41) is 0. The average Bonchev–Trinajstić information content (AvgIpc) is 2.67. The molecule has 6 heteroatoms. The quantitative estimate of drug-likeness (QED) is 0.707. The van der Waals surface area contributed by atoms with Gasteiger partial charge in [-0.1, -0.05) is 0 Å². The molecule has 90 valence electrons. The first-order chi connectivity index (χ1) is 8.66. The summed E-state index contributed by atoms with van der Waals surface area (Å²) in [5.74, 6) is 0.553. The molecule has 0 atom stereocenters. The Balaban J connectivity index is 2.31. The SMILES string of the molecule is Cn1c(-c2nccnc2N)nc2cc(F)ccc21. The van der Waals surface area contributed by atoms with E-state index in [9.17, 15) is 4.39 Å². The number of aromatic nitrogens is 4. The molecule has 2 N–H and O–H groups in total. The van der Waals surface area contributed by atoms with Crippen LogP contribution in [0.15, 0.2) is 30.6 Å². The van der Waals surface area contributed by atoms with E-state index in [2.05, 4.69) is 15.0 Å². The van der Waals surface area contributed by atoms with Crippen LogP contribution in [0.1, 0.15) is 0 Å². The van der Waals surface area contributed by atoms with Crippen molar-refractivity contribution < 1.29 is 4.39 Å². The molecule has 0 saturated heterocycles. The molecular formula is C12H10FN5. The highest BCUT2D eigenvalue weighted by atomic mass is 19.1. The van der Waals surface area contributed by atoms with Crippen molar-refractivity contribution in [2.75, 3.05) is 5.73 Å². The number of aryl methyl sites for hydroxylation is 1. The normalized spacial score (nSPS) is 11.0. The predicted molar refractivity (Wildman–Crippen MR) is 66.1 cm³/mol. The van der Waals surface area contributed by atoms with Crippen LogP contribution in [-0.4, -0.2) is 19.5 Å². The predicted octanol–water partition coefficient (Wildman–Crippen LogP) is 1.75. The molecule has 0 fully saturated rings. The first-order valence-corrected chi connectivity index (χ1v) is 5.35. The fraction of sp³-hybridized carbons (Fsp3) is 0.0833. The van der Waals surface area contributed by atoms with Crippen LogP contribution in [0.25, 0.3) is 22.6 Å². The van der Waals surface area contributed by atoms with Gasteiger partial charge in [0, 0.05) is 25.5 Å². The molecule has 0 aliphatic carbocycles. The van der Waals surface area contributed by atoms with Crippen LogP contribution < -0.4 is 5.73 Å². The molecular weight excluding hydrogens is 233 g/mol. The second-order valence-electron chi connectivity index (χ2n) is 3.92. The van der Waals surface area contributed by atoms with Gasteiger partial charge in [-0.3, -0.25) is 0 Å². The summed E-state index contributed by atoms with van der Waals surface area (Å²) in [6.07, 6.45) is 3.06. The van der Waals surface area contributed by atoms with E-state index < -0.39 is 0 Å². The second kappa shape index (κ2) is 3.76. The van der Waals surface area contributed by atoms with E-state index >= 15 is 0 Å². The van der Waals surface area contributed by atoms with Crippen LogP contribution in [0.5, 0.6) is 0 Å². The van der Waals surface area contributed by atoms with Gasteiger partial charge in [0.15, 0.2) is 11.6 Å². The van der Waals surface area contributed by atoms with Gasteiger partial charge in [0.2, 0.25) is 0 Å². The number of imidazole rings is 1. The fourth-order valence-corrected chi connectivity index (χ4v) is 1.91. The van der Waals surface area contributed by atoms with Gasteiger partial charge in [0.25, 0.3) is 0 Å². The standard InChI is InChI=1S/C12H10FN5/c1-18-9-3-2-7(13)6-8(9)17-12(18)10-11(14)16-5-4-15-10/h2-6H,1H3,(H2,14,16). The Morgan fingerprint density at radius 2 is 2.00 bits per heavy atom. The first-order valence-electron chi connectivity index (χ1n) is 5.35. The molecule has 0 unspecified atom stereocenters. The minimum Gasteiger partial charge on any atom is -0.382 e. The van der Waals surface area contributed by atoms with Gasteiger partial charge in [0.1, 0.15) is 11.5 Å². The third-order valence-electron chi connectivity index (χ3n) is 2.78. The van der Waals surface area contributed by atoms with Crippen molar-refractivity contribution >= 4 is 16.9 Å². The van der Waals surface area contributed by atoms with Crippen molar-refractivity contribution in [2.45, 2.75) is 0 Å². The zero-order valence-corrected chi connectivity index (χ0v) is 9.63. The Bertz CT molecular complexity index is 734. The van der Waals surface area contributed by atoms with Crippen molar-refractivity contribution in [2.24, 2.45) is 7.05 Å². The molecule has 1 aromatic carbocycles. The Labute approximate surface area is 102 Å². The molecule has 0 aliphatic heterocycles. The summed E-state index contributed by atoms with van der Waals surface area (Å²) in [4.78, 5) is 12.5. The van der Waals surface area contributed by atoms with Crippen molar-refractivity contribution in [3.05, 3.63) is 36.4 Å². The highest BCUT2D eigenvalue weighted by molar-refractivity contribution is 5.81. The van der Waals surface area contributed by atoms with Crippen molar-refractivity contribution in [3.63, 3.8) is 0 Å². The van der Waals surface area contributed by atoms with Crippen LogP contribution in [0.3, 0.4) is 0 Å². The smallest absolute Gasteiger partial charge is 0.163 e. The molecule has 3 rings (SSSR count). The Hall–Kier alpha value is -2.50. The molecule has 5 nitrogen and oxygen atoms in total. The fourth-order valence-electron chi connectivity index (χ4n) is 1.91. The van der Waals surface area contributed by atoms with E-state index in [1.54, 1.807) is 12.3 Å². The maximum absolute atomic E-state index is 13.2.